The minimum Gasteiger partial charge on any atom is -0.477 e. The van der Waals surface area contributed by atoms with Crippen molar-refractivity contribution >= 4 is 63.2 Å². The number of allylic oxidation sites excluding steroid dienone is 1. The van der Waals surface area contributed by atoms with E-state index in [4.69, 9.17) is 15.3 Å². The Morgan fingerprint density at radius 1 is 1.34 bits per heavy atom. The minimum absolute atomic E-state index is 0. The topological polar surface area (TPSA) is 152 Å². The van der Waals surface area contributed by atoms with Crippen molar-refractivity contribution in [2.45, 2.75) is 32.0 Å². The lowest BCUT2D eigenvalue weighted by Crippen LogP contribution is -2.73. The first-order valence-corrected chi connectivity index (χ1v) is 12.8. The molecule has 14 heteroatoms. The maximum atomic E-state index is 13.0. The average Bonchev–Trinajstić information content (AvgIpc) is 3.42. The van der Waals surface area contributed by atoms with Gasteiger partial charge in [0.2, 0.25) is 0 Å². The normalized spacial score (nSPS) is 21.9. The number of nitrogens with zero attached hydrogens (tertiary/aromatic N) is 4. The summed E-state index contributed by atoms with van der Waals surface area (Å²) in [6, 6.07) is -0.482. The first-order chi connectivity index (χ1) is 16.3. The van der Waals surface area contributed by atoms with Gasteiger partial charge in [-0.3, -0.25) is 4.79 Å². The molecule has 0 aliphatic carbocycles. The Hall–Kier alpha value is -2.94. The maximum Gasteiger partial charge on any atom is 0.352 e. The third-order valence-corrected chi connectivity index (χ3v) is 8.17. The van der Waals surface area contributed by atoms with E-state index in [-0.39, 0.29) is 24.2 Å². The number of amides is 1. The maximum absolute atomic E-state index is 13.0. The minimum atomic E-state index is -1.06. The van der Waals surface area contributed by atoms with E-state index >= 15 is 0 Å². The molecule has 3 atom stereocenters. The van der Waals surface area contributed by atoms with Crippen molar-refractivity contribution in [1.82, 2.24) is 20.2 Å². The Labute approximate surface area is 214 Å². The van der Waals surface area contributed by atoms with Crippen molar-refractivity contribution < 1.29 is 24.3 Å². The molecule has 11 nitrogen and oxygen atoms in total. The predicted octanol–water partition coefficient (Wildman–Crippen LogP) is 2.37. The second-order valence-electron chi connectivity index (χ2n) is 7.24. The Morgan fingerprint density at radius 3 is 2.69 bits per heavy atom. The fourth-order valence-corrected chi connectivity index (χ4v) is 6.34. The van der Waals surface area contributed by atoms with Gasteiger partial charge in [-0.25, -0.2) is 14.8 Å². The third-order valence-electron chi connectivity index (χ3n) is 5.26. The van der Waals surface area contributed by atoms with Gasteiger partial charge in [-0.05, 0) is 18.6 Å². The largest absolute Gasteiger partial charge is 0.477 e. The lowest BCUT2D eigenvalue weighted by molar-refractivity contribution is -0.152. The molecule has 188 valence electrons. The molecule has 0 spiro atoms. The molecule has 0 saturated carbocycles. The van der Waals surface area contributed by atoms with Crippen LogP contribution in [0.3, 0.4) is 0 Å². The molecule has 1 amide bonds. The molecule has 0 bridgehead atoms. The van der Waals surface area contributed by atoms with Gasteiger partial charge >= 0.3 is 5.97 Å². The van der Waals surface area contributed by atoms with Crippen molar-refractivity contribution in [2.75, 3.05) is 25.7 Å². The molecule has 4 heterocycles. The molecule has 2 aliphatic heterocycles. The summed E-state index contributed by atoms with van der Waals surface area (Å²) < 4.78 is 5.58. The van der Waals surface area contributed by atoms with Gasteiger partial charge in [0, 0.05) is 23.1 Å². The van der Waals surface area contributed by atoms with Crippen LogP contribution in [-0.4, -0.2) is 75.2 Å². The smallest absolute Gasteiger partial charge is 0.352 e. The summed E-state index contributed by atoms with van der Waals surface area (Å²) in [4.78, 5) is 41.0. The zero-order valence-electron chi connectivity index (χ0n) is 18.4. The fraction of sp³-hybridized carbons (Fsp3) is 0.381. The first kappa shape index (κ1) is 26.7. The number of thiazole rings is 2. The Kier molecular flexibility index (Phi) is 8.53. The molecule has 2 aromatic rings. The first-order valence-electron chi connectivity index (χ1n) is 9.96. The predicted molar refractivity (Wildman–Crippen MR) is 138 cm³/mol. The number of rotatable bonds is 8. The van der Waals surface area contributed by atoms with E-state index in [1.807, 2.05) is 19.1 Å². The van der Waals surface area contributed by atoms with Gasteiger partial charge in [-0.2, -0.15) is 0 Å². The zero-order chi connectivity index (χ0) is 24.4. The molecule has 0 radical (unpaired) electrons. The number of nitrogen functional groups attached to an aromatic ring is 1. The van der Waals surface area contributed by atoms with Crippen LogP contribution in [0.15, 0.2) is 33.4 Å². The number of hydrogen-bond donors (Lipinski definition) is 3. The molecule has 35 heavy (non-hydrogen) atoms. The summed E-state index contributed by atoms with van der Waals surface area (Å²) in [6.45, 7) is 1.90. The molecule has 3 unspecified atom stereocenters. The van der Waals surface area contributed by atoms with Crippen LogP contribution >= 0.6 is 34.4 Å². The lowest BCUT2D eigenvalue weighted by atomic mass is 10.0. The van der Waals surface area contributed by atoms with Crippen LogP contribution in [0.5, 0.6) is 0 Å². The van der Waals surface area contributed by atoms with E-state index in [2.05, 4.69) is 20.4 Å². The number of nitrogens with two attached hydrogens (primary N) is 1. The van der Waals surface area contributed by atoms with Gasteiger partial charge in [0.1, 0.15) is 29.9 Å². The Balaban J connectivity index is 0.00000342. The summed E-state index contributed by atoms with van der Waals surface area (Å²) in [7, 11) is 2.80. The quantitative estimate of drug-likeness (QED) is 0.337. The standard InChI is InChI=1S/C20H22N6O5S3.CH4/c1-9-12(34-8-22-9)5-4-10-6-32-18-14(17(30-2)26(18)15(10)19(28)29)24-16(27)13(25-31-3)11-7-33-20(21)23-11;/h4-5,7-8,14,17-18H,6H2,1-3H3,(H2,21,23)(H,24,27)(H,28,29);1H4/b5-4-,25-13-;. The van der Waals surface area contributed by atoms with Crippen molar-refractivity contribution in [3.05, 3.63) is 44.5 Å². The SMILES string of the molecule is C.CO/N=C(\C(=O)NC1C(OC)N2C(C(=O)O)=C(/C=C\c3scnc3C)CSC12)c1csc(N)n1. The molecule has 1 fully saturated rings. The molecular weight excluding hydrogens is 512 g/mol. The van der Waals surface area contributed by atoms with Gasteiger partial charge < -0.3 is 30.6 Å². The summed E-state index contributed by atoms with van der Waals surface area (Å²) in [6.07, 6.45) is 3.01. The summed E-state index contributed by atoms with van der Waals surface area (Å²) in [5.41, 5.74) is 9.39. The lowest BCUT2D eigenvalue weighted by Gasteiger charge is -2.56. The van der Waals surface area contributed by atoms with Crippen molar-refractivity contribution in [3.8, 4) is 0 Å². The average molecular weight is 539 g/mol. The van der Waals surface area contributed by atoms with Crippen molar-refractivity contribution in [3.63, 3.8) is 0 Å². The molecule has 1 saturated heterocycles. The van der Waals surface area contributed by atoms with Crippen molar-refractivity contribution in [2.24, 2.45) is 5.16 Å². The number of oxime groups is 1. The second-order valence-corrected chi connectivity index (χ2v) is 10.1. The van der Waals surface area contributed by atoms with Crippen LogP contribution < -0.4 is 11.1 Å². The molecule has 2 aromatic heterocycles. The number of carboxylic acids is 1. The van der Waals surface area contributed by atoms with Crippen LogP contribution in [0.25, 0.3) is 6.08 Å². The zero-order valence-corrected chi connectivity index (χ0v) is 20.9. The van der Waals surface area contributed by atoms with E-state index < -0.39 is 24.1 Å². The Morgan fingerprint density at radius 2 is 2.11 bits per heavy atom. The number of nitrogens with one attached hydrogen (secondary N) is 1. The van der Waals surface area contributed by atoms with Crippen LogP contribution in [0.2, 0.25) is 0 Å². The van der Waals surface area contributed by atoms with E-state index in [0.29, 0.717) is 22.2 Å². The van der Waals surface area contributed by atoms with E-state index in [1.54, 1.807) is 15.8 Å². The van der Waals surface area contributed by atoms with Crippen LogP contribution in [0.4, 0.5) is 5.13 Å². The van der Waals surface area contributed by atoms with Gasteiger partial charge in [0.25, 0.3) is 5.91 Å². The van der Waals surface area contributed by atoms with Crippen LogP contribution in [0.1, 0.15) is 23.7 Å². The number of carboxylic acid groups (broad SMARTS) is 1. The van der Waals surface area contributed by atoms with Gasteiger partial charge in [0.15, 0.2) is 17.1 Å². The second kappa shape index (κ2) is 11.2. The monoisotopic (exact) mass is 538 g/mol. The fourth-order valence-electron chi connectivity index (χ4n) is 3.71. The van der Waals surface area contributed by atoms with E-state index in [9.17, 15) is 14.7 Å². The van der Waals surface area contributed by atoms with Gasteiger partial charge in [-0.15, -0.1) is 34.4 Å². The number of aromatic nitrogens is 2. The van der Waals surface area contributed by atoms with Crippen LogP contribution in [-0.2, 0) is 19.2 Å². The number of aryl methyl sites for hydroxylation is 1. The molecule has 0 aromatic carbocycles. The highest BCUT2D eigenvalue weighted by molar-refractivity contribution is 8.00. The highest BCUT2D eigenvalue weighted by Gasteiger charge is 2.54. The molecule has 2 aliphatic rings. The number of aliphatic carboxylic acids is 1. The van der Waals surface area contributed by atoms with Gasteiger partial charge in [0.05, 0.1) is 11.2 Å². The van der Waals surface area contributed by atoms with Gasteiger partial charge in [-0.1, -0.05) is 18.7 Å². The highest BCUT2D eigenvalue weighted by Crippen LogP contribution is 2.44. The number of anilines is 1. The number of carbonyl (C=O) groups excluding carboxylic acids is 1. The third kappa shape index (κ3) is 5.19. The van der Waals surface area contributed by atoms with Crippen LogP contribution in [0, 0.1) is 6.92 Å². The number of fused-ring (bicyclic) bond motifs is 1. The Bertz CT molecular complexity index is 1190. The highest BCUT2D eigenvalue weighted by atomic mass is 32.2. The van der Waals surface area contributed by atoms with E-state index in [0.717, 1.165) is 10.6 Å². The number of hydrogen-bond acceptors (Lipinski definition) is 12. The number of carbonyl (C=O) groups is 2. The molecular formula is C21H26N6O5S3. The number of ether oxygens (including phenoxy) is 1. The molecule has 4 N–H and O–H groups in total. The summed E-state index contributed by atoms with van der Waals surface area (Å²) >= 11 is 4.19. The van der Waals surface area contributed by atoms with E-state index in [1.165, 1.54) is 48.7 Å². The summed E-state index contributed by atoms with van der Waals surface area (Å²) in [5, 5.41) is 18.3. The number of thioether (sulfide) groups is 1. The number of methoxy groups -OCH3 is 1. The molecule has 4 rings (SSSR count). The van der Waals surface area contributed by atoms with Crippen molar-refractivity contribution in [1.29, 1.82) is 0 Å². The summed E-state index contributed by atoms with van der Waals surface area (Å²) in [5.74, 6) is -1.12.